The lowest BCUT2D eigenvalue weighted by atomic mass is 9.97. The summed E-state index contributed by atoms with van der Waals surface area (Å²) in [5, 5.41) is 2.91. The Morgan fingerprint density at radius 2 is 2.00 bits per heavy atom. The average Bonchev–Trinajstić information content (AvgIpc) is 2.15. The van der Waals surface area contributed by atoms with Gasteiger partial charge < -0.3 is 5.32 Å². The molecule has 3 heteroatoms. The molecule has 1 heterocycles. The molecule has 1 saturated heterocycles. The molecule has 1 atom stereocenters. The number of hydrogen-bond acceptors (Lipinski definition) is 1. The molecule has 1 nitrogen and oxygen atoms in total. The lowest BCUT2D eigenvalue weighted by molar-refractivity contribution is 0.0381. The van der Waals surface area contributed by atoms with Crippen molar-refractivity contribution in [2.45, 2.75) is 44.6 Å². The number of hydrogen-bond donors (Lipinski definition) is 1. The molecule has 0 spiro atoms. The zero-order valence-electron chi connectivity index (χ0n) is 6.87. The zero-order chi connectivity index (χ0) is 8.32. The van der Waals surface area contributed by atoms with Crippen LogP contribution in [0.15, 0.2) is 0 Å². The van der Waals surface area contributed by atoms with Gasteiger partial charge in [0.25, 0.3) is 6.43 Å². The molecule has 0 radical (unpaired) electrons. The van der Waals surface area contributed by atoms with Gasteiger partial charge in [-0.1, -0.05) is 12.8 Å². The van der Waals surface area contributed by atoms with Crippen LogP contribution in [0.1, 0.15) is 32.6 Å². The van der Waals surface area contributed by atoms with Crippen LogP contribution in [-0.4, -0.2) is 18.5 Å². The Labute approximate surface area is 66.2 Å². The van der Waals surface area contributed by atoms with Crippen LogP contribution < -0.4 is 5.32 Å². The highest BCUT2D eigenvalue weighted by Crippen LogP contribution is 2.24. The van der Waals surface area contributed by atoms with E-state index in [1.165, 1.54) is 0 Å². The molecule has 1 N–H and O–H groups in total. The maximum Gasteiger partial charge on any atom is 0.256 e. The third kappa shape index (κ3) is 2.12. The minimum atomic E-state index is -2.24. The van der Waals surface area contributed by atoms with Crippen molar-refractivity contribution >= 4 is 0 Å². The molecule has 1 aliphatic rings. The van der Waals surface area contributed by atoms with Crippen LogP contribution in [0.4, 0.5) is 8.78 Å². The molecule has 0 saturated carbocycles. The average molecular weight is 163 g/mol. The van der Waals surface area contributed by atoms with Crippen molar-refractivity contribution in [3.05, 3.63) is 0 Å². The lowest BCUT2D eigenvalue weighted by Gasteiger charge is -2.27. The summed E-state index contributed by atoms with van der Waals surface area (Å²) in [6.45, 7) is 2.35. The molecular formula is C8H15F2N. The highest BCUT2D eigenvalue weighted by atomic mass is 19.3. The minimum absolute atomic E-state index is 0.602. The highest BCUT2D eigenvalue weighted by Gasteiger charge is 2.34. The zero-order valence-corrected chi connectivity index (χ0v) is 6.87. The van der Waals surface area contributed by atoms with Gasteiger partial charge in [0.2, 0.25) is 0 Å². The predicted octanol–water partition coefficient (Wildman–Crippen LogP) is 2.17. The summed E-state index contributed by atoms with van der Waals surface area (Å²) in [4.78, 5) is 0. The molecule has 1 aliphatic heterocycles. The molecule has 0 bridgehead atoms. The van der Waals surface area contributed by atoms with Crippen molar-refractivity contribution in [3.63, 3.8) is 0 Å². The molecule has 0 aromatic heterocycles. The van der Waals surface area contributed by atoms with Crippen LogP contribution in [0.3, 0.4) is 0 Å². The molecule has 0 aliphatic carbocycles. The van der Waals surface area contributed by atoms with Crippen molar-refractivity contribution in [2.75, 3.05) is 6.54 Å². The topological polar surface area (TPSA) is 12.0 Å². The third-order valence-electron chi connectivity index (χ3n) is 2.38. The summed E-state index contributed by atoms with van der Waals surface area (Å²) in [5.41, 5.74) is -0.920. The maximum absolute atomic E-state index is 12.4. The predicted molar refractivity (Wildman–Crippen MR) is 40.9 cm³/mol. The number of halogens is 2. The first-order valence-electron chi connectivity index (χ1n) is 4.18. The van der Waals surface area contributed by atoms with E-state index >= 15 is 0 Å². The SMILES string of the molecule is CC1(C(F)F)CCCCCN1. The first kappa shape index (κ1) is 8.91. The molecule has 66 valence electrons. The molecule has 1 fully saturated rings. The Kier molecular flexibility index (Phi) is 2.82. The van der Waals surface area contributed by atoms with Gasteiger partial charge >= 0.3 is 0 Å². The second-order valence-electron chi connectivity index (χ2n) is 3.46. The van der Waals surface area contributed by atoms with Crippen LogP contribution in [0.2, 0.25) is 0 Å². The third-order valence-corrected chi connectivity index (χ3v) is 2.38. The standard InChI is InChI=1S/C8H15F2N/c1-8(7(9)10)5-3-2-4-6-11-8/h7,11H,2-6H2,1H3. The van der Waals surface area contributed by atoms with E-state index in [1.54, 1.807) is 6.92 Å². The van der Waals surface area contributed by atoms with Crippen molar-refractivity contribution in [2.24, 2.45) is 0 Å². The minimum Gasteiger partial charge on any atom is -0.307 e. The van der Waals surface area contributed by atoms with Gasteiger partial charge in [-0.15, -0.1) is 0 Å². The van der Waals surface area contributed by atoms with E-state index in [0.717, 1.165) is 25.8 Å². The molecule has 1 rings (SSSR count). The molecule has 1 unspecified atom stereocenters. The summed E-state index contributed by atoms with van der Waals surface area (Å²) in [5.74, 6) is 0. The number of rotatable bonds is 1. The fourth-order valence-corrected chi connectivity index (χ4v) is 1.44. The Balaban J connectivity index is 2.52. The van der Waals surface area contributed by atoms with E-state index < -0.39 is 12.0 Å². The van der Waals surface area contributed by atoms with Crippen LogP contribution in [0.5, 0.6) is 0 Å². The van der Waals surface area contributed by atoms with E-state index in [0.29, 0.717) is 6.42 Å². The summed E-state index contributed by atoms with van der Waals surface area (Å²) >= 11 is 0. The number of alkyl halides is 2. The van der Waals surface area contributed by atoms with Gasteiger partial charge in [0.15, 0.2) is 0 Å². The van der Waals surface area contributed by atoms with E-state index in [1.807, 2.05) is 0 Å². The normalized spacial score (nSPS) is 33.8. The van der Waals surface area contributed by atoms with Crippen molar-refractivity contribution in [1.29, 1.82) is 0 Å². The van der Waals surface area contributed by atoms with Crippen molar-refractivity contribution in [1.82, 2.24) is 5.32 Å². The fourth-order valence-electron chi connectivity index (χ4n) is 1.44. The first-order chi connectivity index (χ1) is 5.15. The fraction of sp³-hybridized carbons (Fsp3) is 1.00. The molecule has 0 amide bonds. The smallest absolute Gasteiger partial charge is 0.256 e. The largest absolute Gasteiger partial charge is 0.307 e. The van der Waals surface area contributed by atoms with Gasteiger partial charge in [-0.3, -0.25) is 0 Å². The highest BCUT2D eigenvalue weighted by molar-refractivity contribution is 4.87. The monoisotopic (exact) mass is 163 g/mol. The number of nitrogens with one attached hydrogen (secondary N) is 1. The summed E-state index contributed by atoms with van der Waals surface area (Å²) in [6, 6.07) is 0. The van der Waals surface area contributed by atoms with E-state index in [9.17, 15) is 8.78 Å². The Bertz CT molecular complexity index is 117. The first-order valence-corrected chi connectivity index (χ1v) is 4.18. The van der Waals surface area contributed by atoms with E-state index in [-0.39, 0.29) is 0 Å². The summed E-state index contributed by atoms with van der Waals surface area (Å²) < 4.78 is 24.8. The Morgan fingerprint density at radius 1 is 1.27 bits per heavy atom. The van der Waals surface area contributed by atoms with E-state index in [2.05, 4.69) is 5.32 Å². The van der Waals surface area contributed by atoms with Crippen LogP contribution >= 0.6 is 0 Å². The lowest BCUT2D eigenvalue weighted by Crippen LogP contribution is -2.47. The maximum atomic E-state index is 12.4. The van der Waals surface area contributed by atoms with Gasteiger partial charge in [-0.2, -0.15) is 0 Å². The van der Waals surface area contributed by atoms with Crippen molar-refractivity contribution in [3.8, 4) is 0 Å². The summed E-state index contributed by atoms with van der Waals surface area (Å²) in [6.07, 6.45) is 1.40. The van der Waals surface area contributed by atoms with Gasteiger partial charge in [0.1, 0.15) is 0 Å². The van der Waals surface area contributed by atoms with Crippen LogP contribution in [-0.2, 0) is 0 Å². The van der Waals surface area contributed by atoms with E-state index in [4.69, 9.17) is 0 Å². The Hall–Kier alpha value is -0.180. The Morgan fingerprint density at radius 3 is 2.64 bits per heavy atom. The van der Waals surface area contributed by atoms with Gasteiger partial charge in [-0.05, 0) is 26.3 Å². The van der Waals surface area contributed by atoms with Crippen LogP contribution in [0, 0.1) is 0 Å². The molecule has 0 aromatic carbocycles. The molecule has 11 heavy (non-hydrogen) atoms. The van der Waals surface area contributed by atoms with Crippen molar-refractivity contribution < 1.29 is 8.78 Å². The summed E-state index contributed by atoms with van der Waals surface area (Å²) in [7, 11) is 0. The van der Waals surface area contributed by atoms with Gasteiger partial charge in [0, 0.05) is 0 Å². The molecular weight excluding hydrogens is 148 g/mol. The second-order valence-corrected chi connectivity index (χ2v) is 3.46. The van der Waals surface area contributed by atoms with Crippen LogP contribution in [0.25, 0.3) is 0 Å². The second kappa shape index (κ2) is 3.48. The van der Waals surface area contributed by atoms with Gasteiger partial charge in [0.05, 0.1) is 5.54 Å². The van der Waals surface area contributed by atoms with Gasteiger partial charge in [-0.25, -0.2) is 8.78 Å². The quantitative estimate of drug-likeness (QED) is 0.624. The molecule has 0 aromatic rings.